The average molecular weight is 466 g/mol. The average Bonchev–Trinajstić information content (AvgIpc) is 2.77. The number of nitrogens with zero attached hydrogens (tertiary/aromatic N) is 3. The van der Waals surface area contributed by atoms with E-state index in [1.54, 1.807) is 24.1 Å². The van der Waals surface area contributed by atoms with Gasteiger partial charge < -0.3 is 16.0 Å². The van der Waals surface area contributed by atoms with Crippen LogP contribution in [0, 0.1) is 0 Å². The van der Waals surface area contributed by atoms with E-state index in [0.29, 0.717) is 17.0 Å². The summed E-state index contributed by atoms with van der Waals surface area (Å²) in [5, 5.41) is 3.01. The van der Waals surface area contributed by atoms with Gasteiger partial charge in [0, 0.05) is 30.8 Å². The number of nitrogens with two attached hydrogens (primary N) is 1. The molecule has 170 valence electrons. The zero-order chi connectivity index (χ0) is 23.7. The number of hydrogen-bond donors (Lipinski definition) is 2. The highest BCUT2D eigenvalue weighted by atomic mass is 32.2. The van der Waals surface area contributed by atoms with Crippen molar-refractivity contribution in [3.63, 3.8) is 0 Å². The van der Waals surface area contributed by atoms with Crippen LogP contribution in [-0.2, 0) is 9.84 Å². The molecule has 2 heterocycles. The first-order valence-electron chi connectivity index (χ1n) is 9.41. The molecule has 0 saturated heterocycles. The van der Waals surface area contributed by atoms with Gasteiger partial charge in [0.2, 0.25) is 0 Å². The van der Waals surface area contributed by atoms with E-state index in [-0.39, 0.29) is 16.4 Å². The molecule has 1 aliphatic rings. The number of alkyl halides is 3. The Balaban J connectivity index is 2.01. The second-order valence-electron chi connectivity index (χ2n) is 7.32. The van der Waals surface area contributed by atoms with Crippen LogP contribution in [0.3, 0.4) is 0 Å². The fourth-order valence-electron chi connectivity index (χ4n) is 3.07. The fraction of sp³-hybridized carbons (Fsp3) is 0.238. The van der Waals surface area contributed by atoms with Gasteiger partial charge in [-0.25, -0.2) is 18.4 Å². The van der Waals surface area contributed by atoms with E-state index < -0.39 is 27.8 Å². The molecule has 0 bridgehead atoms. The zero-order valence-corrected chi connectivity index (χ0v) is 18.4. The maximum Gasteiger partial charge on any atom is 0.416 e. The number of anilines is 1. The second kappa shape index (κ2) is 8.65. The molecule has 7 nitrogen and oxygen atoms in total. The molecule has 0 fully saturated rings. The third-order valence-corrected chi connectivity index (χ3v) is 5.86. The monoisotopic (exact) mass is 465 g/mol. The fourth-order valence-corrected chi connectivity index (χ4v) is 3.70. The largest absolute Gasteiger partial charge is 0.416 e. The van der Waals surface area contributed by atoms with Crippen molar-refractivity contribution in [2.75, 3.05) is 19.0 Å². The van der Waals surface area contributed by atoms with E-state index in [9.17, 15) is 21.6 Å². The van der Waals surface area contributed by atoms with Crippen LogP contribution in [0.2, 0.25) is 0 Å². The SMILES string of the molecule is C\C1=C/C(C(F)(F)F)=C\C=C\N(C)C(c2nc(-c3ccc(S(C)(=O)=O)cc3)cnc2N)N1. The summed E-state index contributed by atoms with van der Waals surface area (Å²) in [4.78, 5) is 10.6. The van der Waals surface area contributed by atoms with Crippen LogP contribution in [0.25, 0.3) is 11.3 Å². The lowest BCUT2D eigenvalue weighted by atomic mass is 10.1. The Hall–Kier alpha value is -3.34. The molecule has 2 aromatic rings. The van der Waals surface area contributed by atoms with Gasteiger partial charge in [0.15, 0.2) is 9.84 Å². The molecule has 1 aromatic heterocycles. The highest BCUT2D eigenvalue weighted by molar-refractivity contribution is 7.90. The van der Waals surface area contributed by atoms with Gasteiger partial charge in [0.1, 0.15) is 17.7 Å². The molecule has 1 unspecified atom stereocenters. The summed E-state index contributed by atoms with van der Waals surface area (Å²) in [5.41, 5.74) is 6.88. The Morgan fingerprint density at radius 1 is 1.19 bits per heavy atom. The summed E-state index contributed by atoms with van der Waals surface area (Å²) in [6, 6.07) is 6.13. The van der Waals surface area contributed by atoms with Crippen molar-refractivity contribution >= 4 is 15.7 Å². The molecule has 0 aliphatic carbocycles. The molecule has 3 rings (SSSR count). The highest BCUT2D eigenvalue weighted by Crippen LogP contribution is 2.30. The summed E-state index contributed by atoms with van der Waals surface area (Å²) in [5.74, 6) is 0.107. The van der Waals surface area contributed by atoms with Crippen molar-refractivity contribution in [3.05, 3.63) is 71.9 Å². The third-order valence-electron chi connectivity index (χ3n) is 4.73. The van der Waals surface area contributed by atoms with E-state index in [1.807, 2.05) is 0 Å². The summed E-state index contributed by atoms with van der Waals surface area (Å²) in [6.07, 6.45) is 2.13. The summed E-state index contributed by atoms with van der Waals surface area (Å²) in [7, 11) is -1.68. The van der Waals surface area contributed by atoms with Crippen LogP contribution in [0.5, 0.6) is 0 Å². The van der Waals surface area contributed by atoms with Crippen LogP contribution in [0.1, 0.15) is 18.8 Å². The quantitative estimate of drug-likeness (QED) is 0.715. The lowest BCUT2D eigenvalue weighted by molar-refractivity contribution is -0.0882. The number of halogens is 3. The Morgan fingerprint density at radius 2 is 1.84 bits per heavy atom. The molecular formula is C21H22F3N5O2S. The van der Waals surface area contributed by atoms with Gasteiger partial charge >= 0.3 is 6.18 Å². The van der Waals surface area contributed by atoms with Crippen LogP contribution >= 0.6 is 0 Å². The number of hydrogen-bond acceptors (Lipinski definition) is 7. The second-order valence-corrected chi connectivity index (χ2v) is 9.34. The number of allylic oxidation sites excluding steroid dienone is 5. The van der Waals surface area contributed by atoms with Gasteiger partial charge in [-0.3, -0.25) is 0 Å². The van der Waals surface area contributed by atoms with Crippen molar-refractivity contribution in [1.29, 1.82) is 0 Å². The molecule has 0 amide bonds. The molecule has 0 saturated carbocycles. The summed E-state index contributed by atoms with van der Waals surface area (Å²) >= 11 is 0. The summed E-state index contributed by atoms with van der Waals surface area (Å²) in [6.45, 7) is 1.52. The standard InChI is InChI=1S/C21H22F3N5O2S/c1-13-11-15(21(22,23)24)5-4-10-29(2)20(27-13)18-19(25)26-12-17(28-18)14-6-8-16(9-7-14)32(3,30)31/h4-12,20,27H,1-3H3,(H2,25,26)/b10-4+,13-11+,15-5+. The lowest BCUT2D eigenvalue weighted by Crippen LogP contribution is -2.33. The number of benzene rings is 1. The predicted octanol–water partition coefficient (Wildman–Crippen LogP) is 3.57. The van der Waals surface area contributed by atoms with Crippen LogP contribution in [0.4, 0.5) is 19.0 Å². The Kier molecular flexibility index (Phi) is 6.31. The van der Waals surface area contributed by atoms with Gasteiger partial charge in [-0.05, 0) is 37.3 Å². The minimum absolute atomic E-state index is 0.107. The van der Waals surface area contributed by atoms with Gasteiger partial charge in [-0.2, -0.15) is 13.2 Å². The third kappa shape index (κ3) is 5.28. The molecule has 0 spiro atoms. The van der Waals surface area contributed by atoms with E-state index >= 15 is 0 Å². The van der Waals surface area contributed by atoms with E-state index in [4.69, 9.17) is 5.73 Å². The minimum Gasteiger partial charge on any atom is -0.382 e. The predicted molar refractivity (Wildman–Crippen MR) is 116 cm³/mol. The Bertz CT molecular complexity index is 1200. The molecule has 3 N–H and O–H groups in total. The first kappa shape index (κ1) is 23.3. The summed E-state index contributed by atoms with van der Waals surface area (Å²) < 4.78 is 63.0. The van der Waals surface area contributed by atoms with Crippen LogP contribution in [0.15, 0.2) is 71.1 Å². The van der Waals surface area contributed by atoms with Gasteiger partial charge in [0.05, 0.1) is 22.4 Å². The van der Waals surface area contributed by atoms with E-state index in [1.165, 1.54) is 37.5 Å². The van der Waals surface area contributed by atoms with Crippen molar-refractivity contribution in [1.82, 2.24) is 20.2 Å². The Labute approximate surface area is 184 Å². The van der Waals surface area contributed by atoms with Gasteiger partial charge in [0.25, 0.3) is 0 Å². The lowest BCUT2D eigenvalue weighted by Gasteiger charge is -2.29. The zero-order valence-electron chi connectivity index (χ0n) is 17.6. The first-order valence-corrected chi connectivity index (χ1v) is 11.3. The van der Waals surface area contributed by atoms with Crippen LogP contribution in [-0.4, -0.2) is 42.8 Å². The molecule has 1 aromatic carbocycles. The maximum absolute atomic E-state index is 13.2. The normalized spacial score (nSPS) is 21.8. The smallest absolute Gasteiger partial charge is 0.382 e. The minimum atomic E-state index is -4.50. The van der Waals surface area contributed by atoms with E-state index in [0.717, 1.165) is 18.4 Å². The number of sulfone groups is 1. The topological polar surface area (TPSA) is 101 Å². The van der Waals surface area contributed by atoms with E-state index in [2.05, 4.69) is 15.3 Å². The number of aromatic nitrogens is 2. The molecule has 11 heteroatoms. The van der Waals surface area contributed by atoms with Gasteiger partial charge in [-0.1, -0.05) is 12.1 Å². The number of rotatable bonds is 3. The van der Waals surface area contributed by atoms with Gasteiger partial charge in [-0.15, -0.1) is 0 Å². The first-order chi connectivity index (χ1) is 14.9. The van der Waals surface area contributed by atoms with Crippen molar-refractivity contribution < 1.29 is 21.6 Å². The molecular weight excluding hydrogens is 443 g/mol. The number of nitrogens with one attached hydrogen (secondary N) is 1. The molecule has 32 heavy (non-hydrogen) atoms. The molecule has 1 aliphatic heterocycles. The van der Waals surface area contributed by atoms with Crippen molar-refractivity contribution in [2.45, 2.75) is 24.2 Å². The Morgan fingerprint density at radius 3 is 2.44 bits per heavy atom. The molecule has 0 radical (unpaired) electrons. The van der Waals surface area contributed by atoms with Crippen molar-refractivity contribution in [3.8, 4) is 11.3 Å². The molecule has 1 atom stereocenters. The maximum atomic E-state index is 13.2. The van der Waals surface area contributed by atoms with Crippen molar-refractivity contribution in [2.24, 2.45) is 0 Å². The highest BCUT2D eigenvalue weighted by Gasteiger charge is 2.32. The van der Waals surface area contributed by atoms with Crippen LogP contribution < -0.4 is 11.1 Å². The number of nitrogen functional groups attached to an aromatic ring is 1.